The number of aryl methyl sites for hydroxylation is 1. The van der Waals surface area contributed by atoms with Gasteiger partial charge in [-0.1, -0.05) is 30.0 Å². The Labute approximate surface area is 245 Å². The number of hydrogen-bond acceptors (Lipinski definition) is 7. The second kappa shape index (κ2) is 11.6. The lowest BCUT2D eigenvalue weighted by atomic mass is 10.0. The Bertz CT molecular complexity index is 1810. The number of thiophene rings is 1. The van der Waals surface area contributed by atoms with Gasteiger partial charge in [-0.15, -0.1) is 16.4 Å². The van der Waals surface area contributed by atoms with E-state index in [0.29, 0.717) is 29.3 Å². The van der Waals surface area contributed by atoms with E-state index in [1.54, 1.807) is 46.4 Å². The maximum Gasteiger partial charge on any atom is 0.262 e. The smallest absolute Gasteiger partial charge is 0.262 e. The van der Waals surface area contributed by atoms with Crippen molar-refractivity contribution in [3.05, 3.63) is 91.0 Å². The van der Waals surface area contributed by atoms with Crippen LogP contribution in [0.4, 0.5) is 15.9 Å². The molecule has 42 heavy (non-hydrogen) atoms. The largest absolute Gasteiger partial charge is 0.323 e. The molecule has 11 heteroatoms. The number of aromatic nitrogens is 4. The van der Waals surface area contributed by atoms with Crippen LogP contribution < -0.4 is 15.5 Å². The van der Waals surface area contributed by atoms with Crippen molar-refractivity contribution in [1.29, 1.82) is 0 Å². The lowest BCUT2D eigenvalue weighted by molar-refractivity contribution is -0.111. The van der Waals surface area contributed by atoms with Gasteiger partial charge in [-0.25, -0.2) is 9.37 Å². The van der Waals surface area contributed by atoms with Crippen LogP contribution in [0.1, 0.15) is 23.2 Å². The molecule has 9 nitrogen and oxygen atoms in total. The van der Waals surface area contributed by atoms with Crippen LogP contribution in [0.2, 0.25) is 0 Å². The molecule has 0 bridgehead atoms. The molecule has 5 aromatic rings. The van der Waals surface area contributed by atoms with Crippen LogP contribution >= 0.6 is 11.3 Å². The maximum atomic E-state index is 15.6. The van der Waals surface area contributed by atoms with E-state index in [0.717, 1.165) is 39.9 Å². The number of halogens is 1. The Morgan fingerprint density at radius 1 is 1.19 bits per heavy atom. The molecule has 212 valence electrons. The summed E-state index contributed by atoms with van der Waals surface area (Å²) in [6.45, 7) is 4.94. The van der Waals surface area contributed by atoms with Gasteiger partial charge < -0.3 is 10.6 Å². The second-order valence-electron chi connectivity index (χ2n) is 10.1. The Balaban J connectivity index is 1.40. The molecule has 2 aromatic carbocycles. The first-order valence-corrected chi connectivity index (χ1v) is 14.4. The minimum atomic E-state index is -0.631. The van der Waals surface area contributed by atoms with E-state index in [-0.39, 0.29) is 17.5 Å². The first-order valence-electron chi connectivity index (χ1n) is 13.5. The number of pyridine rings is 1. The van der Waals surface area contributed by atoms with Crippen molar-refractivity contribution < 1.29 is 14.0 Å². The molecule has 2 amide bonds. The molecule has 1 aliphatic heterocycles. The molecule has 1 atom stereocenters. The number of fused-ring (bicyclic) bond motifs is 1. The third-order valence-corrected chi connectivity index (χ3v) is 8.35. The van der Waals surface area contributed by atoms with Crippen molar-refractivity contribution in [1.82, 2.24) is 25.3 Å². The van der Waals surface area contributed by atoms with Crippen molar-refractivity contribution in [2.45, 2.75) is 18.9 Å². The fourth-order valence-electron chi connectivity index (χ4n) is 5.17. The molecule has 3 aromatic heterocycles. The van der Waals surface area contributed by atoms with Crippen LogP contribution in [0, 0.1) is 5.82 Å². The molecule has 0 spiro atoms. The highest BCUT2D eigenvalue weighted by molar-refractivity contribution is 7.22. The second-order valence-corrected chi connectivity index (χ2v) is 11.2. The molecule has 0 aliphatic carbocycles. The zero-order chi connectivity index (χ0) is 29.2. The molecule has 4 heterocycles. The highest BCUT2D eigenvalue weighted by atomic mass is 32.1. The van der Waals surface area contributed by atoms with Gasteiger partial charge in [0.15, 0.2) is 0 Å². The van der Waals surface area contributed by atoms with Crippen LogP contribution in [0.3, 0.4) is 0 Å². The number of nitrogens with zero attached hydrogens (tertiary/aromatic N) is 5. The average molecular weight is 582 g/mol. The standard InChI is InChI=1S/C31H28FN7O2S/c1-3-29(40)35-21-7-4-6-20(14-21)28-16-24-27(42-28)11-13-34-30(24)39(22-8-5-12-33-17-22)31(41)23-10-9-19(15-25(23)32)26-18-38(2)37-36-26/h3-4,6-7,9-11,13-16,18,22,33H,1,5,8,12,17H2,2H3,(H,35,40)/t22-/m1/s1. The minimum Gasteiger partial charge on any atom is -0.323 e. The van der Waals surface area contributed by atoms with Crippen LogP contribution in [-0.2, 0) is 11.8 Å². The van der Waals surface area contributed by atoms with Gasteiger partial charge in [0.25, 0.3) is 5.91 Å². The molecule has 0 saturated carbocycles. The van der Waals surface area contributed by atoms with Gasteiger partial charge in [0.2, 0.25) is 5.91 Å². The summed E-state index contributed by atoms with van der Waals surface area (Å²) in [5, 5.41) is 14.9. The fraction of sp³-hybridized carbons (Fsp3) is 0.194. The Hall–Kier alpha value is -4.74. The summed E-state index contributed by atoms with van der Waals surface area (Å²) < 4.78 is 18.0. The summed E-state index contributed by atoms with van der Waals surface area (Å²) in [6.07, 6.45) is 6.25. The average Bonchev–Trinajstić information content (AvgIpc) is 3.65. The lowest BCUT2D eigenvalue weighted by Gasteiger charge is -2.34. The Kier molecular flexibility index (Phi) is 7.60. The van der Waals surface area contributed by atoms with Crippen molar-refractivity contribution in [3.8, 4) is 21.7 Å². The zero-order valence-corrected chi connectivity index (χ0v) is 23.7. The topological polar surface area (TPSA) is 105 Å². The van der Waals surface area contributed by atoms with E-state index in [2.05, 4.69) is 32.5 Å². The first-order chi connectivity index (χ1) is 20.4. The number of carbonyl (C=O) groups is 2. The molecular formula is C31H28FN7O2S. The van der Waals surface area contributed by atoms with Crippen molar-refractivity contribution >= 4 is 44.7 Å². The zero-order valence-electron chi connectivity index (χ0n) is 22.9. The highest BCUT2D eigenvalue weighted by Crippen LogP contribution is 2.39. The third-order valence-electron chi connectivity index (χ3n) is 7.21. The summed E-state index contributed by atoms with van der Waals surface area (Å²) >= 11 is 1.56. The summed E-state index contributed by atoms with van der Waals surface area (Å²) in [5.74, 6) is -0.883. The van der Waals surface area contributed by atoms with E-state index in [4.69, 9.17) is 0 Å². The Morgan fingerprint density at radius 2 is 2.07 bits per heavy atom. The normalized spacial score (nSPS) is 15.0. The van der Waals surface area contributed by atoms with Gasteiger partial charge in [0.05, 0.1) is 17.8 Å². The molecule has 1 saturated heterocycles. The number of piperidine rings is 1. The number of anilines is 2. The van der Waals surface area contributed by atoms with Gasteiger partial charge in [0.1, 0.15) is 17.3 Å². The van der Waals surface area contributed by atoms with E-state index in [1.807, 2.05) is 36.4 Å². The molecule has 2 N–H and O–H groups in total. The van der Waals surface area contributed by atoms with Gasteiger partial charge >= 0.3 is 0 Å². The van der Waals surface area contributed by atoms with E-state index >= 15 is 4.39 Å². The van der Waals surface area contributed by atoms with Gasteiger partial charge in [0, 0.05) is 46.0 Å². The predicted octanol–water partition coefficient (Wildman–Crippen LogP) is 5.42. The van der Waals surface area contributed by atoms with Gasteiger partial charge in [-0.2, -0.15) is 0 Å². The molecule has 6 rings (SSSR count). The molecule has 1 fully saturated rings. The van der Waals surface area contributed by atoms with Crippen LogP contribution in [0.15, 0.2) is 79.6 Å². The highest BCUT2D eigenvalue weighted by Gasteiger charge is 2.32. The molecule has 1 aliphatic rings. The maximum absolute atomic E-state index is 15.6. The Morgan fingerprint density at radius 3 is 2.81 bits per heavy atom. The van der Waals surface area contributed by atoms with Crippen LogP contribution in [-0.4, -0.2) is 50.9 Å². The predicted molar refractivity (Wildman–Crippen MR) is 163 cm³/mol. The van der Waals surface area contributed by atoms with Crippen molar-refractivity contribution in [2.24, 2.45) is 7.05 Å². The van der Waals surface area contributed by atoms with Crippen LogP contribution in [0.5, 0.6) is 0 Å². The van der Waals surface area contributed by atoms with E-state index in [1.165, 1.54) is 18.2 Å². The molecule has 0 unspecified atom stereocenters. The summed E-state index contributed by atoms with van der Waals surface area (Å²) in [5.41, 5.74) is 2.59. The van der Waals surface area contributed by atoms with Crippen molar-refractivity contribution in [3.63, 3.8) is 0 Å². The molecule has 0 radical (unpaired) electrons. The summed E-state index contributed by atoms with van der Waals surface area (Å²) in [4.78, 5) is 33.2. The van der Waals surface area contributed by atoms with Gasteiger partial charge in [-0.3, -0.25) is 19.2 Å². The number of nitrogens with one attached hydrogen (secondary N) is 2. The SMILES string of the molecule is C=CC(=O)Nc1cccc(-c2cc3c(N(C(=O)c4ccc(-c5cn(C)nn5)cc4F)[C@@H]4CCCNC4)nccc3s2)c1. The number of amides is 2. The van der Waals surface area contributed by atoms with Gasteiger partial charge in [-0.05, 0) is 67.4 Å². The summed E-state index contributed by atoms with van der Waals surface area (Å²) in [7, 11) is 1.74. The fourth-order valence-corrected chi connectivity index (χ4v) is 6.22. The number of carbonyl (C=O) groups excluding carboxylic acids is 2. The quantitative estimate of drug-likeness (QED) is 0.249. The summed E-state index contributed by atoms with van der Waals surface area (Å²) in [6, 6.07) is 15.8. The lowest BCUT2D eigenvalue weighted by Crippen LogP contribution is -2.49. The van der Waals surface area contributed by atoms with Crippen molar-refractivity contribution in [2.75, 3.05) is 23.3 Å². The van der Waals surface area contributed by atoms with E-state index < -0.39 is 11.7 Å². The van der Waals surface area contributed by atoms with Crippen LogP contribution in [0.25, 0.3) is 31.8 Å². The van der Waals surface area contributed by atoms with E-state index in [9.17, 15) is 9.59 Å². The number of rotatable bonds is 7. The number of hydrogen-bond donors (Lipinski definition) is 2. The third kappa shape index (κ3) is 5.44. The number of benzene rings is 2. The first kappa shape index (κ1) is 27.4. The molecular weight excluding hydrogens is 553 g/mol. The minimum absolute atomic E-state index is 0.0341. The monoisotopic (exact) mass is 581 g/mol.